The molecule has 0 aliphatic rings. The van der Waals surface area contributed by atoms with Crippen LogP contribution >= 0.6 is 11.6 Å². The van der Waals surface area contributed by atoms with Crippen LogP contribution in [0.2, 0.25) is 5.02 Å². The predicted octanol–water partition coefficient (Wildman–Crippen LogP) is 1.39. The van der Waals surface area contributed by atoms with E-state index >= 15 is 0 Å². The first-order valence-electron chi connectivity index (χ1n) is 5.21. The molecule has 0 fully saturated rings. The second kappa shape index (κ2) is 5.57. The summed E-state index contributed by atoms with van der Waals surface area (Å²) in [6, 6.07) is 4.71. The summed E-state index contributed by atoms with van der Waals surface area (Å²) in [5.74, 6) is -0.491. The molecule has 100 valence electrons. The van der Waals surface area contributed by atoms with Crippen molar-refractivity contribution < 1.29 is 19.5 Å². The fourth-order valence-electron chi connectivity index (χ4n) is 1.35. The highest BCUT2D eigenvalue weighted by Crippen LogP contribution is 2.27. The Bertz CT molecular complexity index is 599. The standard InChI is InChI=1S/C11H10ClN3O4/c1-18-10(16)6-19-9-5-8(15(17)14-9)11-7(12)3-2-4-13-11/h2-5,17H,6H2,1H3. The van der Waals surface area contributed by atoms with E-state index in [-0.39, 0.29) is 18.2 Å². The summed E-state index contributed by atoms with van der Waals surface area (Å²) in [6.07, 6.45) is 1.53. The van der Waals surface area contributed by atoms with Gasteiger partial charge in [0.05, 0.1) is 12.1 Å². The summed E-state index contributed by atoms with van der Waals surface area (Å²) in [6.45, 7) is -0.303. The van der Waals surface area contributed by atoms with Crippen molar-refractivity contribution in [3.05, 3.63) is 29.4 Å². The van der Waals surface area contributed by atoms with E-state index < -0.39 is 5.97 Å². The lowest BCUT2D eigenvalue weighted by Gasteiger charge is -2.00. The molecule has 0 saturated carbocycles. The Morgan fingerprint density at radius 1 is 1.58 bits per heavy atom. The smallest absolute Gasteiger partial charge is 0.343 e. The van der Waals surface area contributed by atoms with Crippen molar-refractivity contribution in [2.45, 2.75) is 0 Å². The Morgan fingerprint density at radius 3 is 3.05 bits per heavy atom. The molecule has 1 N–H and O–H groups in total. The van der Waals surface area contributed by atoms with Crippen LogP contribution < -0.4 is 4.74 Å². The van der Waals surface area contributed by atoms with Crippen LogP contribution in [0, 0.1) is 0 Å². The van der Waals surface area contributed by atoms with E-state index in [0.717, 1.165) is 0 Å². The molecule has 2 aromatic rings. The maximum Gasteiger partial charge on any atom is 0.343 e. The largest absolute Gasteiger partial charge is 0.466 e. The van der Waals surface area contributed by atoms with Crippen molar-refractivity contribution in [1.82, 2.24) is 14.9 Å². The molecule has 0 aromatic carbocycles. The van der Waals surface area contributed by atoms with E-state index in [4.69, 9.17) is 16.3 Å². The van der Waals surface area contributed by atoms with Gasteiger partial charge in [-0.1, -0.05) is 21.5 Å². The number of nitrogens with zero attached hydrogens (tertiary/aromatic N) is 3. The zero-order chi connectivity index (χ0) is 13.8. The van der Waals surface area contributed by atoms with Crippen LogP contribution in [0.25, 0.3) is 11.4 Å². The molecule has 0 atom stereocenters. The third kappa shape index (κ3) is 2.94. The molecular weight excluding hydrogens is 274 g/mol. The van der Waals surface area contributed by atoms with Gasteiger partial charge in [0.15, 0.2) is 6.61 Å². The van der Waals surface area contributed by atoms with E-state index in [2.05, 4.69) is 14.8 Å². The van der Waals surface area contributed by atoms with Crippen molar-refractivity contribution in [1.29, 1.82) is 0 Å². The number of carbonyl (C=O) groups excluding carboxylic acids is 1. The number of halogens is 1. The van der Waals surface area contributed by atoms with Crippen LogP contribution in [0.1, 0.15) is 0 Å². The first kappa shape index (κ1) is 13.2. The lowest BCUT2D eigenvalue weighted by atomic mass is 10.3. The summed E-state index contributed by atoms with van der Waals surface area (Å²) in [7, 11) is 1.25. The van der Waals surface area contributed by atoms with Crippen LogP contribution in [0.5, 0.6) is 5.88 Å². The number of esters is 1. The molecule has 2 heterocycles. The molecule has 0 aliphatic carbocycles. The third-order valence-electron chi connectivity index (χ3n) is 2.24. The van der Waals surface area contributed by atoms with Gasteiger partial charge in [-0.2, -0.15) is 0 Å². The number of pyridine rings is 1. The Kier molecular flexibility index (Phi) is 3.86. The van der Waals surface area contributed by atoms with Crippen molar-refractivity contribution >= 4 is 17.6 Å². The molecule has 0 unspecified atom stereocenters. The zero-order valence-electron chi connectivity index (χ0n) is 9.91. The Balaban J connectivity index is 2.22. The fraction of sp³-hybridized carbons (Fsp3) is 0.182. The van der Waals surface area contributed by atoms with Crippen LogP contribution in [-0.4, -0.2) is 39.8 Å². The fourth-order valence-corrected chi connectivity index (χ4v) is 1.57. The molecular formula is C11H10ClN3O4. The number of carbonyl (C=O) groups is 1. The van der Waals surface area contributed by atoms with Gasteiger partial charge in [-0.3, -0.25) is 4.98 Å². The van der Waals surface area contributed by atoms with E-state index in [1.165, 1.54) is 19.4 Å². The van der Waals surface area contributed by atoms with Crippen molar-refractivity contribution in [2.75, 3.05) is 13.7 Å². The maximum atomic E-state index is 10.9. The van der Waals surface area contributed by atoms with E-state index in [9.17, 15) is 10.0 Å². The highest BCUT2D eigenvalue weighted by Gasteiger charge is 2.15. The van der Waals surface area contributed by atoms with Crippen molar-refractivity contribution in [2.24, 2.45) is 0 Å². The van der Waals surface area contributed by atoms with Crippen LogP contribution in [0.4, 0.5) is 0 Å². The monoisotopic (exact) mass is 283 g/mol. The van der Waals surface area contributed by atoms with Gasteiger partial charge in [-0.25, -0.2) is 4.79 Å². The first-order valence-corrected chi connectivity index (χ1v) is 5.59. The number of rotatable bonds is 4. The molecule has 0 aliphatic heterocycles. The Morgan fingerprint density at radius 2 is 2.37 bits per heavy atom. The highest BCUT2D eigenvalue weighted by molar-refractivity contribution is 6.32. The Hall–Kier alpha value is -2.28. The van der Waals surface area contributed by atoms with Gasteiger partial charge >= 0.3 is 5.97 Å². The minimum atomic E-state index is -0.551. The highest BCUT2D eigenvalue weighted by atomic mass is 35.5. The summed E-state index contributed by atoms with van der Waals surface area (Å²) in [4.78, 5) is 15.5. The minimum Gasteiger partial charge on any atom is -0.466 e. The zero-order valence-corrected chi connectivity index (χ0v) is 10.7. The molecule has 0 amide bonds. The number of ether oxygens (including phenoxy) is 2. The number of methoxy groups -OCH3 is 1. The van der Waals surface area contributed by atoms with Crippen molar-refractivity contribution in [3.8, 4) is 17.3 Å². The summed E-state index contributed by atoms with van der Waals surface area (Å²) in [5, 5.41) is 13.7. The third-order valence-corrected chi connectivity index (χ3v) is 2.54. The molecule has 0 spiro atoms. The lowest BCUT2D eigenvalue weighted by molar-refractivity contribution is -0.143. The summed E-state index contributed by atoms with van der Waals surface area (Å²) in [5.41, 5.74) is 0.609. The van der Waals surface area contributed by atoms with Crippen LogP contribution in [-0.2, 0) is 9.53 Å². The average molecular weight is 284 g/mol. The number of aromatic nitrogens is 3. The molecule has 0 saturated heterocycles. The quantitative estimate of drug-likeness (QED) is 0.674. The van der Waals surface area contributed by atoms with Crippen LogP contribution in [0.3, 0.4) is 0 Å². The normalized spacial score (nSPS) is 10.2. The second-order valence-electron chi connectivity index (χ2n) is 3.46. The van der Waals surface area contributed by atoms with E-state index in [0.29, 0.717) is 15.6 Å². The topological polar surface area (TPSA) is 86.5 Å². The number of hydrogen-bond donors (Lipinski definition) is 1. The average Bonchev–Trinajstić information content (AvgIpc) is 2.77. The summed E-state index contributed by atoms with van der Waals surface area (Å²) < 4.78 is 9.46. The van der Waals surface area contributed by atoms with Gasteiger partial charge in [-0.15, -0.1) is 0 Å². The molecule has 2 rings (SSSR count). The maximum absolute atomic E-state index is 10.9. The Labute approximate surface area is 113 Å². The second-order valence-corrected chi connectivity index (χ2v) is 3.86. The van der Waals surface area contributed by atoms with Gasteiger partial charge in [0.2, 0.25) is 5.88 Å². The van der Waals surface area contributed by atoms with Gasteiger partial charge in [0, 0.05) is 12.3 Å². The van der Waals surface area contributed by atoms with Crippen LogP contribution in [0.15, 0.2) is 24.4 Å². The lowest BCUT2D eigenvalue weighted by Crippen LogP contribution is -2.12. The van der Waals surface area contributed by atoms with E-state index in [1.807, 2.05) is 0 Å². The molecule has 2 aromatic heterocycles. The van der Waals surface area contributed by atoms with Gasteiger partial charge in [0.25, 0.3) is 0 Å². The molecule has 7 nitrogen and oxygen atoms in total. The molecule has 0 radical (unpaired) electrons. The van der Waals surface area contributed by atoms with Crippen molar-refractivity contribution in [3.63, 3.8) is 0 Å². The predicted molar refractivity (Wildman–Crippen MR) is 65.2 cm³/mol. The first-order chi connectivity index (χ1) is 9.11. The number of hydrogen-bond acceptors (Lipinski definition) is 6. The van der Waals surface area contributed by atoms with Gasteiger partial charge in [-0.05, 0) is 12.1 Å². The summed E-state index contributed by atoms with van der Waals surface area (Å²) >= 11 is 5.96. The SMILES string of the molecule is COC(=O)COc1cc(-c2ncccc2Cl)n(O)n1. The molecule has 0 bridgehead atoms. The minimum absolute atomic E-state index is 0.0598. The molecule has 8 heteroatoms. The van der Waals surface area contributed by atoms with Gasteiger partial charge < -0.3 is 14.7 Å². The van der Waals surface area contributed by atoms with E-state index in [1.54, 1.807) is 12.1 Å². The van der Waals surface area contributed by atoms with Gasteiger partial charge in [0.1, 0.15) is 11.4 Å². The molecule has 19 heavy (non-hydrogen) atoms.